The van der Waals surface area contributed by atoms with Crippen LogP contribution in [0.15, 0.2) is 30.3 Å². The molecule has 1 aliphatic heterocycles. The van der Waals surface area contributed by atoms with Gasteiger partial charge in [0.05, 0.1) is 6.04 Å². The van der Waals surface area contributed by atoms with Crippen molar-refractivity contribution < 1.29 is 14.3 Å². The lowest BCUT2D eigenvalue weighted by Crippen LogP contribution is -2.50. The van der Waals surface area contributed by atoms with E-state index >= 15 is 0 Å². The number of esters is 1. The van der Waals surface area contributed by atoms with Crippen LogP contribution >= 0.6 is 0 Å². The molecular weight excluding hydrogens is 244 g/mol. The summed E-state index contributed by atoms with van der Waals surface area (Å²) in [5, 5.41) is 0. The summed E-state index contributed by atoms with van der Waals surface area (Å²) >= 11 is 0. The lowest BCUT2D eigenvalue weighted by molar-refractivity contribution is -0.151. The van der Waals surface area contributed by atoms with Gasteiger partial charge >= 0.3 is 5.97 Å². The molecule has 102 valence electrons. The van der Waals surface area contributed by atoms with Gasteiger partial charge in [0.25, 0.3) is 0 Å². The molecule has 1 amide bonds. The van der Waals surface area contributed by atoms with Crippen LogP contribution in [0.1, 0.15) is 18.4 Å². The predicted molar refractivity (Wildman–Crippen MR) is 70.0 cm³/mol. The number of hydrogen-bond acceptors (Lipinski definition) is 4. The van der Waals surface area contributed by atoms with E-state index in [9.17, 15) is 9.59 Å². The molecule has 1 aromatic rings. The molecule has 0 bridgehead atoms. The first-order valence-corrected chi connectivity index (χ1v) is 6.41. The van der Waals surface area contributed by atoms with Crippen molar-refractivity contribution in [3.05, 3.63) is 35.9 Å². The minimum atomic E-state index is -0.476. The molecule has 0 radical (unpaired) electrons. The Morgan fingerprint density at radius 1 is 1.37 bits per heavy atom. The summed E-state index contributed by atoms with van der Waals surface area (Å²) in [6.07, 6.45) is 1.52. The molecule has 1 aliphatic rings. The van der Waals surface area contributed by atoms with Crippen LogP contribution in [0.5, 0.6) is 0 Å². The number of nitrogens with zero attached hydrogens (tertiary/aromatic N) is 1. The van der Waals surface area contributed by atoms with Crippen molar-refractivity contribution in [2.24, 2.45) is 5.73 Å². The molecule has 2 N–H and O–H groups in total. The highest BCUT2D eigenvalue weighted by Crippen LogP contribution is 2.10. The monoisotopic (exact) mass is 262 g/mol. The van der Waals surface area contributed by atoms with Crippen molar-refractivity contribution in [2.45, 2.75) is 25.5 Å². The third-order valence-corrected chi connectivity index (χ3v) is 3.13. The molecular formula is C14H18N2O3. The fraction of sp³-hybridized carbons (Fsp3) is 0.429. The number of nitrogens with two attached hydrogens (primary N) is 1. The molecule has 0 spiro atoms. The average Bonchev–Trinajstić information content (AvgIpc) is 2.43. The third kappa shape index (κ3) is 3.79. The van der Waals surface area contributed by atoms with E-state index in [1.165, 1.54) is 4.90 Å². The van der Waals surface area contributed by atoms with Crippen LogP contribution < -0.4 is 5.73 Å². The van der Waals surface area contributed by atoms with Crippen LogP contribution in [0, 0.1) is 0 Å². The first-order valence-electron chi connectivity index (χ1n) is 6.41. The fourth-order valence-electron chi connectivity index (χ4n) is 2.07. The summed E-state index contributed by atoms with van der Waals surface area (Å²) in [5.41, 5.74) is 6.59. The number of carbonyl (C=O) groups excluding carboxylic acids is 2. The lowest BCUT2D eigenvalue weighted by atomic mass is 10.1. The molecule has 1 saturated heterocycles. The number of hydrogen-bond donors (Lipinski definition) is 1. The Bertz CT molecular complexity index is 447. The van der Waals surface area contributed by atoms with Crippen LogP contribution in [0.25, 0.3) is 0 Å². The van der Waals surface area contributed by atoms with E-state index in [0.29, 0.717) is 13.0 Å². The van der Waals surface area contributed by atoms with Crippen LogP contribution in [0.2, 0.25) is 0 Å². The minimum Gasteiger partial charge on any atom is -0.459 e. The zero-order valence-corrected chi connectivity index (χ0v) is 10.7. The zero-order valence-electron chi connectivity index (χ0n) is 10.7. The number of amides is 1. The highest BCUT2D eigenvalue weighted by Gasteiger charge is 2.27. The normalized spacial score (nSPS) is 19.3. The molecule has 1 aromatic carbocycles. The number of carbonyl (C=O) groups is 2. The van der Waals surface area contributed by atoms with Crippen LogP contribution in [-0.4, -0.2) is 35.9 Å². The van der Waals surface area contributed by atoms with Crippen LogP contribution in [-0.2, 0) is 20.9 Å². The Balaban J connectivity index is 1.79. The van der Waals surface area contributed by atoms with Gasteiger partial charge < -0.3 is 15.4 Å². The smallest absolute Gasteiger partial charge is 0.325 e. The predicted octanol–water partition coefficient (Wildman–Crippen LogP) is 0.679. The highest BCUT2D eigenvalue weighted by atomic mass is 16.5. The molecule has 19 heavy (non-hydrogen) atoms. The second kappa shape index (κ2) is 6.33. The van der Waals surface area contributed by atoms with E-state index in [2.05, 4.69) is 0 Å². The molecule has 1 heterocycles. The summed E-state index contributed by atoms with van der Waals surface area (Å²) in [7, 11) is 0. The maximum absolute atomic E-state index is 11.7. The Morgan fingerprint density at radius 3 is 2.84 bits per heavy atom. The Morgan fingerprint density at radius 2 is 2.11 bits per heavy atom. The van der Waals surface area contributed by atoms with E-state index in [0.717, 1.165) is 12.0 Å². The van der Waals surface area contributed by atoms with Crippen LogP contribution in [0.4, 0.5) is 0 Å². The van der Waals surface area contributed by atoms with E-state index in [-0.39, 0.29) is 19.1 Å². The SMILES string of the molecule is NC1CCCN(CC(=O)OCc2ccccc2)C1=O. The van der Waals surface area contributed by atoms with E-state index in [1.54, 1.807) is 0 Å². The molecule has 1 atom stereocenters. The van der Waals surface area contributed by atoms with Crippen molar-refractivity contribution in [1.82, 2.24) is 4.90 Å². The van der Waals surface area contributed by atoms with Gasteiger partial charge in [-0.2, -0.15) is 0 Å². The van der Waals surface area contributed by atoms with E-state index < -0.39 is 12.0 Å². The first kappa shape index (κ1) is 13.5. The largest absolute Gasteiger partial charge is 0.459 e. The molecule has 0 aromatic heterocycles. The molecule has 5 heteroatoms. The Labute approximate surface area is 112 Å². The van der Waals surface area contributed by atoms with Gasteiger partial charge in [0, 0.05) is 6.54 Å². The molecule has 2 rings (SSSR count). The standard InChI is InChI=1S/C14H18N2O3/c15-12-7-4-8-16(14(12)18)9-13(17)19-10-11-5-2-1-3-6-11/h1-3,5-6,12H,4,7-10,15H2. The van der Waals surface area contributed by atoms with Crippen LogP contribution in [0.3, 0.4) is 0 Å². The molecule has 0 aliphatic carbocycles. The Hall–Kier alpha value is -1.88. The summed E-state index contributed by atoms with van der Waals surface area (Å²) in [4.78, 5) is 24.9. The third-order valence-electron chi connectivity index (χ3n) is 3.13. The van der Waals surface area contributed by atoms with Crippen molar-refractivity contribution in [1.29, 1.82) is 0 Å². The van der Waals surface area contributed by atoms with E-state index in [4.69, 9.17) is 10.5 Å². The van der Waals surface area contributed by atoms with Gasteiger partial charge in [-0.3, -0.25) is 9.59 Å². The summed E-state index contributed by atoms with van der Waals surface area (Å²) in [5.74, 6) is -0.561. The van der Waals surface area contributed by atoms with Crippen molar-refractivity contribution >= 4 is 11.9 Å². The van der Waals surface area contributed by atoms with Gasteiger partial charge in [-0.1, -0.05) is 30.3 Å². The molecule has 1 unspecified atom stereocenters. The minimum absolute atomic E-state index is 0.0145. The van der Waals surface area contributed by atoms with Crippen molar-refractivity contribution in [2.75, 3.05) is 13.1 Å². The second-order valence-electron chi connectivity index (χ2n) is 4.65. The lowest BCUT2D eigenvalue weighted by Gasteiger charge is -2.29. The second-order valence-corrected chi connectivity index (χ2v) is 4.65. The first-order chi connectivity index (χ1) is 9.16. The van der Waals surface area contributed by atoms with Gasteiger partial charge in [0.2, 0.25) is 5.91 Å². The van der Waals surface area contributed by atoms with Gasteiger partial charge in [-0.05, 0) is 18.4 Å². The number of likely N-dealkylation sites (tertiary alicyclic amines) is 1. The number of benzene rings is 1. The van der Waals surface area contributed by atoms with Crippen molar-refractivity contribution in [3.8, 4) is 0 Å². The summed E-state index contributed by atoms with van der Waals surface area (Å²) < 4.78 is 5.14. The average molecular weight is 262 g/mol. The summed E-state index contributed by atoms with van der Waals surface area (Å²) in [6, 6.07) is 8.96. The maximum atomic E-state index is 11.7. The fourth-order valence-corrected chi connectivity index (χ4v) is 2.07. The van der Waals surface area contributed by atoms with Gasteiger partial charge in [-0.25, -0.2) is 0 Å². The number of piperidine rings is 1. The zero-order chi connectivity index (χ0) is 13.7. The van der Waals surface area contributed by atoms with Crippen molar-refractivity contribution in [3.63, 3.8) is 0 Å². The summed E-state index contributed by atoms with van der Waals surface area (Å²) in [6.45, 7) is 0.792. The van der Waals surface area contributed by atoms with E-state index in [1.807, 2.05) is 30.3 Å². The Kier molecular flexibility index (Phi) is 4.52. The quantitative estimate of drug-likeness (QED) is 0.810. The van der Waals surface area contributed by atoms with Gasteiger partial charge in [0.15, 0.2) is 0 Å². The van der Waals surface area contributed by atoms with Gasteiger partial charge in [-0.15, -0.1) is 0 Å². The molecule has 0 saturated carbocycles. The number of rotatable bonds is 4. The molecule has 1 fully saturated rings. The maximum Gasteiger partial charge on any atom is 0.325 e. The van der Waals surface area contributed by atoms with Gasteiger partial charge in [0.1, 0.15) is 13.2 Å². The topological polar surface area (TPSA) is 72.6 Å². The highest BCUT2D eigenvalue weighted by molar-refractivity contribution is 5.86. The molecule has 5 nitrogen and oxygen atoms in total. The number of ether oxygens (including phenoxy) is 1.